The molecule has 0 bridgehead atoms. The van der Waals surface area contributed by atoms with Gasteiger partial charge in [0, 0.05) is 24.0 Å². The predicted octanol–water partition coefficient (Wildman–Crippen LogP) is 2.65. The van der Waals surface area contributed by atoms with E-state index >= 15 is 0 Å². The van der Waals surface area contributed by atoms with E-state index in [1.807, 2.05) is 25.1 Å². The van der Waals surface area contributed by atoms with Gasteiger partial charge in [-0.25, -0.2) is 9.48 Å². The molecule has 3 rings (SSSR count). The third kappa shape index (κ3) is 4.50. The molecule has 3 aromatic rings. The smallest absolute Gasteiger partial charge is 0.319 e. The van der Waals surface area contributed by atoms with Gasteiger partial charge < -0.3 is 16.0 Å². The molecular formula is C19H21N7O2. The highest BCUT2D eigenvalue weighted by Gasteiger charge is 2.16. The normalized spacial score (nSPS) is 11.5. The number of nitrogens with zero attached hydrogens (tertiary/aromatic N) is 4. The maximum atomic E-state index is 12.5. The van der Waals surface area contributed by atoms with Crippen molar-refractivity contribution in [3.05, 3.63) is 65.5 Å². The highest BCUT2D eigenvalue weighted by molar-refractivity contribution is 6.05. The number of aryl methyl sites for hydroxylation is 2. The molecule has 28 heavy (non-hydrogen) atoms. The van der Waals surface area contributed by atoms with Gasteiger partial charge in [-0.1, -0.05) is 24.3 Å². The topological polar surface area (TPSA) is 114 Å². The van der Waals surface area contributed by atoms with Crippen LogP contribution in [0.3, 0.4) is 0 Å². The van der Waals surface area contributed by atoms with Crippen molar-refractivity contribution in [3.63, 3.8) is 0 Å². The molecule has 0 radical (unpaired) electrons. The van der Waals surface area contributed by atoms with Crippen LogP contribution < -0.4 is 16.0 Å². The van der Waals surface area contributed by atoms with Gasteiger partial charge in [0.15, 0.2) is 5.82 Å². The molecular weight excluding hydrogens is 358 g/mol. The number of para-hydroxylation sites is 1. The minimum Gasteiger partial charge on any atom is -0.328 e. The van der Waals surface area contributed by atoms with E-state index in [-0.39, 0.29) is 11.9 Å². The summed E-state index contributed by atoms with van der Waals surface area (Å²) in [7, 11) is 1.70. The SMILES string of the molecule is Cc1ccc(C(=O)Nc2ccccc2)cc1NC(=O)NC(C)c1nnnn1C. The fourth-order valence-corrected chi connectivity index (χ4v) is 2.65. The molecule has 0 spiro atoms. The summed E-state index contributed by atoms with van der Waals surface area (Å²) in [6.07, 6.45) is 0. The van der Waals surface area contributed by atoms with Gasteiger partial charge in [-0.15, -0.1) is 5.10 Å². The van der Waals surface area contributed by atoms with Crippen LogP contribution in [0, 0.1) is 6.92 Å². The van der Waals surface area contributed by atoms with Crippen molar-refractivity contribution in [3.8, 4) is 0 Å². The Morgan fingerprint density at radius 2 is 1.82 bits per heavy atom. The second-order valence-electron chi connectivity index (χ2n) is 6.33. The number of nitrogens with one attached hydrogen (secondary N) is 3. The van der Waals surface area contributed by atoms with Gasteiger partial charge in [-0.3, -0.25) is 4.79 Å². The largest absolute Gasteiger partial charge is 0.328 e. The number of tetrazole rings is 1. The van der Waals surface area contributed by atoms with Crippen molar-refractivity contribution < 1.29 is 9.59 Å². The van der Waals surface area contributed by atoms with E-state index in [0.29, 0.717) is 22.8 Å². The third-order valence-corrected chi connectivity index (χ3v) is 4.17. The quantitative estimate of drug-likeness (QED) is 0.631. The fourth-order valence-electron chi connectivity index (χ4n) is 2.65. The molecule has 9 heteroatoms. The molecule has 1 atom stereocenters. The molecule has 0 saturated carbocycles. The van der Waals surface area contributed by atoms with E-state index in [2.05, 4.69) is 31.5 Å². The minimum absolute atomic E-state index is 0.256. The number of carbonyl (C=O) groups is 2. The Morgan fingerprint density at radius 3 is 2.50 bits per heavy atom. The van der Waals surface area contributed by atoms with Crippen LogP contribution in [-0.2, 0) is 7.05 Å². The summed E-state index contributed by atoms with van der Waals surface area (Å²) in [5.41, 5.74) is 2.52. The number of aromatic nitrogens is 4. The van der Waals surface area contributed by atoms with E-state index in [0.717, 1.165) is 5.56 Å². The lowest BCUT2D eigenvalue weighted by atomic mass is 10.1. The zero-order chi connectivity index (χ0) is 20.1. The molecule has 1 heterocycles. The lowest BCUT2D eigenvalue weighted by Gasteiger charge is -2.15. The Labute approximate surface area is 162 Å². The Balaban J connectivity index is 1.68. The van der Waals surface area contributed by atoms with Gasteiger partial charge in [-0.05, 0) is 54.1 Å². The number of rotatable bonds is 5. The van der Waals surface area contributed by atoms with Gasteiger partial charge >= 0.3 is 6.03 Å². The first-order valence-electron chi connectivity index (χ1n) is 8.71. The molecule has 0 aliphatic carbocycles. The second kappa shape index (κ2) is 8.30. The molecule has 9 nitrogen and oxygen atoms in total. The van der Waals surface area contributed by atoms with Crippen molar-refractivity contribution in [1.82, 2.24) is 25.5 Å². The van der Waals surface area contributed by atoms with Gasteiger partial charge in [-0.2, -0.15) is 0 Å². The Kier molecular flexibility index (Phi) is 5.64. The summed E-state index contributed by atoms with van der Waals surface area (Å²) in [6, 6.07) is 13.5. The summed E-state index contributed by atoms with van der Waals surface area (Å²) in [4.78, 5) is 24.8. The number of amides is 3. The first-order chi connectivity index (χ1) is 13.4. The lowest BCUT2D eigenvalue weighted by Crippen LogP contribution is -2.32. The molecule has 0 saturated heterocycles. The van der Waals surface area contributed by atoms with E-state index in [1.54, 1.807) is 44.3 Å². The molecule has 1 aromatic heterocycles. The van der Waals surface area contributed by atoms with Crippen LogP contribution in [0.15, 0.2) is 48.5 Å². The Hall–Kier alpha value is -3.75. The van der Waals surface area contributed by atoms with Gasteiger partial charge in [0.2, 0.25) is 0 Å². The van der Waals surface area contributed by atoms with Crippen molar-refractivity contribution in [2.75, 3.05) is 10.6 Å². The average Bonchev–Trinajstić information content (AvgIpc) is 3.10. The zero-order valence-electron chi connectivity index (χ0n) is 15.8. The molecule has 3 N–H and O–H groups in total. The van der Waals surface area contributed by atoms with Gasteiger partial charge in [0.1, 0.15) is 0 Å². The van der Waals surface area contributed by atoms with Crippen molar-refractivity contribution in [2.24, 2.45) is 7.05 Å². The second-order valence-corrected chi connectivity index (χ2v) is 6.33. The summed E-state index contributed by atoms with van der Waals surface area (Å²) in [6.45, 7) is 3.63. The third-order valence-electron chi connectivity index (χ3n) is 4.17. The van der Waals surface area contributed by atoms with Crippen LogP contribution in [0.1, 0.15) is 34.7 Å². The Bertz CT molecular complexity index is 985. The highest BCUT2D eigenvalue weighted by Crippen LogP contribution is 2.19. The highest BCUT2D eigenvalue weighted by atomic mass is 16.2. The molecule has 3 amide bonds. The molecule has 0 fully saturated rings. The van der Waals surface area contributed by atoms with Gasteiger partial charge in [0.05, 0.1) is 6.04 Å². The number of benzene rings is 2. The van der Waals surface area contributed by atoms with E-state index in [1.165, 1.54) is 4.68 Å². The zero-order valence-corrected chi connectivity index (χ0v) is 15.8. The van der Waals surface area contributed by atoms with Crippen LogP contribution in [0.25, 0.3) is 0 Å². The van der Waals surface area contributed by atoms with Crippen LogP contribution in [0.2, 0.25) is 0 Å². The van der Waals surface area contributed by atoms with Crippen LogP contribution in [-0.4, -0.2) is 32.1 Å². The standard InChI is InChI=1S/C19H21N7O2/c1-12-9-10-14(18(27)21-15-7-5-4-6-8-15)11-16(12)22-19(28)20-13(2)17-23-24-25-26(17)3/h4-11,13H,1-3H3,(H,21,27)(H2,20,22,28). The van der Waals surface area contributed by atoms with Crippen molar-refractivity contribution in [1.29, 1.82) is 0 Å². The van der Waals surface area contributed by atoms with E-state index < -0.39 is 6.03 Å². The minimum atomic E-state index is -0.417. The number of carbonyl (C=O) groups excluding carboxylic acids is 2. The molecule has 0 aliphatic heterocycles. The van der Waals surface area contributed by atoms with Crippen molar-refractivity contribution in [2.45, 2.75) is 19.9 Å². The Morgan fingerprint density at radius 1 is 1.07 bits per heavy atom. The molecule has 0 aliphatic rings. The fraction of sp³-hybridized carbons (Fsp3) is 0.211. The summed E-state index contributed by atoms with van der Waals surface area (Å²) < 4.78 is 1.49. The number of hydrogen-bond acceptors (Lipinski definition) is 5. The van der Waals surface area contributed by atoms with E-state index in [4.69, 9.17) is 0 Å². The lowest BCUT2D eigenvalue weighted by molar-refractivity contribution is 0.102. The number of anilines is 2. The molecule has 2 aromatic carbocycles. The summed E-state index contributed by atoms with van der Waals surface area (Å²) in [5, 5.41) is 19.6. The monoisotopic (exact) mass is 379 g/mol. The van der Waals surface area contributed by atoms with Crippen LogP contribution >= 0.6 is 0 Å². The summed E-state index contributed by atoms with van der Waals surface area (Å²) in [5.74, 6) is 0.274. The van der Waals surface area contributed by atoms with Gasteiger partial charge in [0.25, 0.3) is 5.91 Å². The predicted molar refractivity (Wildman–Crippen MR) is 105 cm³/mol. The molecule has 144 valence electrons. The maximum Gasteiger partial charge on any atom is 0.319 e. The first-order valence-corrected chi connectivity index (χ1v) is 8.71. The van der Waals surface area contributed by atoms with Crippen molar-refractivity contribution >= 4 is 23.3 Å². The number of urea groups is 1. The summed E-state index contributed by atoms with van der Waals surface area (Å²) >= 11 is 0. The average molecular weight is 379 g/mol. The number of hydrogen-bond donors (Lipinski definition) is 3. The molecule has 1 unspecified atom stereocenters. The first kappa shape index (κ1) is 19.0. The maximum absolute atomic E-state index is 12.5. The van der Waals surface area contributed by atoms with Crippen LogP contribution in [0.4, 0.5) is 16.2 Å². The van der Waals surface area contributed by atoms with Crippen LogP contribution in [0.5, 0.6) is 0 Å². The van der Waals surface area contributed by atoms with E-state index in [9.17, 15) is 9.59 Å².